The average molecular weight is 389 g/mol. The van der Waals surface area contributed by atoms with Gasteiger partial charge in [-0.15, -0.1) is 0 Å². The Bertz CT molecular complexity index is 724. The van der Waals surface area contributed by atoms with Gasteiger partial charge in [0.1, 0.15) is 5.76 Å². The first-order valence-electron chi connectivity index (χ1n) is 9.72. The molecule has 0 fully saturated rings. The van der Waals surface area contributed by atoms with E-state index in [0.717, 1.165) is 12.1 Å². The van der Waals surface area contributed by atoms with Crippen LogP contribution < -0.4 is 0 Å². The van der Waals surface area contributed by atoms with Crippen LogP contribution in [-0.4, -0.2) is 53.0 Å². The van der Waals surface area contributed by atoms with Crippen molar-refractivity contribution in [2.24, 2.45) is 7.05 Å². The zero-order chi connectivity index (χ0) is 20.4. The van der Waals surface area contributed by atoms with Gasteiger partial charge in [0.05, 0.1) is 25.9 Å². The van der Waals surface area contributed by atoms with E-state index in [1.165, 1.54) is 0 Å². The van der Waals surface area contributed by atoms with Gasteiger partial charge in [-0.05, 0) is 37.1 Å². The number of rotatable bonds is 12. The van der Waals surface area contributed by atoms with Gasteiger partial charge in [0, 0.05) is 45.6 Å². The van der Waals surface area contributed by atoms with Gasteiger partial charge in [-0.1, -0.05) is 6.92 Å². The third-order valence-electron chi connectivity index (χ3n) is 4.60. The highest BCUT2D eigenvalue weighted by atomic mass is 16.5. The van der Waals surface area contributed by atoms with Crippen molar-refractivity contribution in [1.29, 1.82) is 0 Å². The molecular formula is C21H31N3O4. The molecule has 0 atom stereocenters. The van der Waals surface area contributed by atoms with Gasteiger partial charge in [-0.25, -0.2) is 0 Å². The summed E-state index contributed by atoms with van der Waals surface area (Å²) in [5, 5.41) is 0. The van der Waals surface area contributed by atoms with Crippen LogP contribution in [0.15, 0.2) is 41.1 Å². The Labute approximate surface area is 166 Å². The number of aryl methyl sites for hydroxylation is 1. The molecule has 0 unspecified atom stereocenters. The molecular weight excluding hydrogens is 358 g/mol. The van der Waals surface area contributed by atoms with E-state index in [-0.39, 0.29) is 18.4 Å². The zero-order valence-corrected chi connectivity index (χ0v) is 17.1. The lowest BCUT2D eigenvalue weighted by Crippen LogP contribution is -2.43. The number of furan rings is 1. The van der Waals surface area contributed by atoms with Crippen LogP contribution in [0.4, 0.5) is 0 Å². The van der Waals surface area contributed by atoms with E-state index in [0.29, 0.717) is 44.8 Å². The van der Waals surface area contributed by atoms with Gasteiger partial charge in [0.15, 0.2) is 0 Å². The molecule has 2 aromatic rings. The molecule has 0 aliphatic rings. The quantitative estimate of drug-likeness (QED) is 0.524. The zero-order valence-electron chi connectivity index (χ0n) is 17.1. The van der Waals surface area contributed by atoms with Crippen molar-refractivity contribution in [2.45, 2.75) is 39.3 Å². The van der Waals surface area contributed by atoms with Gasteiger partial charge in [-0.3, -0.25) is 9.59 Å². The Kier molecular flexibility index (Phi) is 8.81. The number of ether oxygens (including phenoxy) is 1. The molecule has 2 rings (SSSR count). The largest absolute Gasteiger partial charge is 0.467 e. The number of nitrogens with zero attached hydrogens (tertiary/aromatic N) is 3. The van der Waals surface area contributed by atoms with Crippen molar-refractivity contribution < 1.29 is 18.7 Å². The molecule has 28 heavy (non-hydrogen) atoms. The highest BCUT2D eigenvalue weighted by molar-refractivity contribution is 5.84. The summed E-state index contributed by atoms with van der Waals surface area (Å²) in [6.45, 7) is 3.92. The van der Waals surface area contributed by atoms with Crippen LogP contribution in [-0.2, 0) is 34.5 Å². The fourth-order valence-corrected chi connectivity index (χ4v) is 3.01. The van der Waals surface area contributed by atoms with Crippen LogP contribution >= 0.6 is 0 Å². The molecule has 0 saturated carbocycles. The number of hydrogen-bond donors (Lipinski definition) is 0. The summed E-state index contributed by atoms with van der Waals surface area (Å²) in [4.78, 5) is 29.0. The fraction of sp³-hybridized carbons (Fsp3) is 0.524. The molecule has 154 valence electrons. The summed E-state index contributed by atoms with van der Waals surface area (Å²) in [5.74, 6) is 0.622. The highest BCUT2D eigenvalue weighted by Crippen LogP contribution is 2.12. The lowest BCUT2D eigenvalue weighted by atomic mass is 10.2. The molecule has 0 aliphatic carbocycles. The van der Waals surface area contributed by atoms with E-state index in [1.807, 2.05) is 49.0 Å². The number of carbonyl (C=O) groups is 2. The van der Waals surface area contributed by atoms with E-state index in [1.54, 1.807) is 23.2 Å². The topological polar surface area (TPSA) is 67.9 Å². The first-order valence-corrected chi connectivity index (χ1v) is 9.72. The monoisotopic (exact) mass is 389 g/mol. The van der Waals surface area contributed by atoms with E-state index < -0.39 is 0 Å². The van der Waals surface area contributed by atoms with Crippen LogP contribution in [0.25, 0.3) is 0 Å². The molecule has 0 aliphatic heterocycles. The molecule has 0 spiro atoms. The molecule has 0 radical (unpaired) electrons. The Morgan fingerprint density at radius 1 is 1.14 bits per heavy atom. The first kappa shape index (κ1) is 21.8. The average Bonchev–Trinajstić information content (AvgIpc) is 3.32. The van der Waals surface area contributed by atoms with Gasteiger partial charge in [-0.2, -0.15) is 0 Å². The van der Waals surface area contributed by atoms with E-state index in [4.69, 9.17) is 9.15 Å². The number of aromatic nitrogens is 1. The normalized spacial score (nSPS) is 10.8. The molecule has 0 saturated heterocycles. The summed E-state index contributed by atoms with van der Waals surface area (Å²) in [5.41, 5.74) is 1.02. The number of carbonyl (C=O) groups excluding carboxylic acids is 2. The van der Waals surface area contributed by atoms with Crippen molar-refractivity contribution in [3.63, 3.8) is 0 Å². The Morgan fingerprint density at radius 2 is 1.96 bits per heavy atom. The second-order valence-corrected chi connectivity index (χ2v) is 6.85. The lowest BCUT2D eigenvalue weighted by Gasteiger charge is -2.27. The molecule has 2 heterocycles. The number of methoxy groups -OCH3 is 1. The van der Waals surface area contributed by atoms with Gasteiger partial charge in [0.2, 0.25) is 11.8 Å². The second-order valence-electron chi connectivity index (χ2n) is 6.85. The Morgan fingerprint density at radius 3 is 2.57 bits per heavy atom. The minimum Gasteiger partial charge on any atom is -0.467 e. The van der Waals surface area contributed by atoms with E-state index in [2.05, 4.69) is 0 Å². The first-order chi connectivity index (χ1) is 13.5. The lowest BCUT2D eigenvalue weighted by molar-refractivity contribution is -0.141. The van der Waals surface area contributed by atoms with Crippen LogP contribution in [0.3, 0.4) is 0 Å². The minimum atomic E-state index is -0.0977. The molecule has 7 nitrogen and oxygen atoms in total. The summed E-state index contributed by atoms with van der Waals surface area (Å²) < 4.78 is 12.5. The van der Waals surface area contributed by atoms with Crippen LogP contribution in [0.2, 0.25) is 0 Å². The molecule has 2 amide bonds. The standard InChI is InChI=1S/C21H31N3O4/c1-4-8-20(25)23(12-7-13-27-3)17-21(26)24(16-19-10-6-14-28-19)15-18-9-5-11-22(18)2/h5-6,9-11,14H,4,7-8,12-13,15-17H2,1-3H3. The maximum absolute atomic E-state index is 13.1. The van der Waals surface area contributed by atoms with Crippen molar-refractivity contribution in [2.75, 3.05) is 26.8 Å². The van der Waals surface area contributed by atoms with Crippen LogP contribution in [0.1, 0.15) is 37.6 Å². The maximum atomic E-state index is 13.1. The van der Waals surface area contributed by atoms with Gasteiger partial charge in [0.25, 0.3) is 0 Å². The summed E-state index contributed by atoms with van der Waals surface area (Å²) >= 11 is 0. The van der Waals surface area contributed by atoms with Gasteiger partial charge >= 0.3 is 0 Å². The molecule has 0 N–H and O–H groups in total. The Hall–Kier alpha value is -2.54. The van der Waals surface area contributed by atoms with Crippen molar-refractivity contribution in [1.82, 2.24) is 14.4 Å². The number of amides is 2. The molecule has 2 aromatic heterocycles. The van der Waals surface area contributed by atoms with Gasteiger partial charge < -0.3 is 23.5 Å². The summed E-state index contributed by atoms with van der Waals surface area (Å²) in [7, 11) is 3.58. The summed E-state index contributed by atoms with van der Waals surface area (Å²) in [6, 6.07) is 7.60. The number of hydrogen-bond acceptors (Lipinski definition) is 4. The van der Waals surface area contributed by atoms with E-state index >= 15 is 0 Å². The molecule has 0 bridgehead atoms. The highest BCUT2D eigenvalue weighted by Gasteiger charge is 2.22. The predicted octanol–water partition coefficient (Wildman–Crippen LogP) is 2.81. The maximum Gasteiger partial charge on any atom is 0.242 e. The van der Waals surface area contributed by atoms with Crippen LogP contribution in [0, 0.1) is 0 Å². The van der Waals surface area contributed by atoms with Crippen molar-refractivity contribution in [3.8, 4) is 0 Å². The fourth-order valence-electron chi connectivity index (χ4n) is 3.01. The Balaban J connectivity index is 2.10. The third kappa shape index (κ3) is 6.56. The third-order valence-corrected chi connectivity index (χ3v) is 4.60. The minimum absolute atomic E-state index is 0.00349. The SMILES string of the molecule is CCCC(=O)N(CCCOC)CC(=O)N(Cc1ccco1)Cc1cccn1C. The smallest absolute Gasteiger partial charge is 0.242 e. The summed E-state index contributed by atoms with van der Waals surface area (Å²) in [6.07, 6.45) is 5.45. The predicted molar refractivity (Wildman–Crippen MR) is 106 cm³/mol. The van der Waals surface area contributed by atoms with E-state index in [9.17, 15) is 9.59 Å². The van der Waals surface area contributed by atoms with Crippen molar-refractivity contribution >= 4 is 11.8 Å². The molecule has 0 aromatic carbocycles. The van der Waals surface area contributed by atoms with Crippen molar-refractivity contribution in [3.05, 3.63) is 48.2 Å². The molecule has 7 heteroatoms. The second kappa shape index (κ2) is 11.3. The van der Waals surface area contributed by atoms with Crippen LogP contribution in [0.5, 0.6) is 0 Å².